The monoisotopic (exact) mass is 269 g/mol. The van der Waals surface area contributed by atoms with E-state index in [0.717, 1.165) is 48.5 Å². The molecule has 2 heterocycles. The molecule has 1 aliphatic rings. The quantitative estimate of drug-likeness (QED) is 0.911. The molecule has 104 valence electrons. The van der Waals surface area contributed by atoms with E-state index >= 15 is 0 Å². The lowest BCUT2D eigenvalue weighted by Crippen LogP contribution is -2.37. The van der Waals surface area contributed by atoms with E-state index in [4.69, 9.17) is 0 Å². The lowest BCUT2D eigenvalue weighted by molar-refractivity contribution is 0.0697. The summed E-state index contributed by atoms with van der Waals surface area (Å²) in [4.78, 5) is 14.4. The molecular formula is C16H19N3O. The fraction of sp³-hybridized carbons (Fsp3) is 0.375. The predicted molar refractivity (Wildman–Crippen MR) is 78.3 cm³/mol. The molecule has 1 aromatic heterocycles. The molecule has 1 aromatic carbocycles. The van der Waals surface area contributed by atoms with Crippen molar-refractivity contribution in [1.82, 2.24) is 15.1 Å². The zero-order valence-corrected chi connectivity index (χ0v) is 11.7. The SMILES string of the molecule is CC1CCN(C(=O)c2ccc(-c3cn[nH]c3)cc2)CC1. The number of hydrogen-bond acceptors (Lipinski definition) is 2. The zero-order chi connectivity index (χ0) is 13.9. The highest BCUT2D eigenvalue weighted by atomic mass is 16.2. The molecule has 20 heavy (non-hydrogen) atoms. The van der Waals surface area contributed by atoms with E-state index in [1.54, 1.807) is 6.20 Å². The second kappa shape index (κ2) is 5.49. The van der Waals surface area contributed by atoms with Gasteiger partial charge in [0.15, 0.2) is 0 Å². The fourth-order valence-electron chi connectivity index (χ4n) is 2.61. The predicted octanol–water partition coefficient (Wildman–Crippen LogP) is 2.95. The van der Waals surface area contributed by atoms with Crippen molar-refractivity contribution in [2.45, 2.75) is 19.8 Å². The van der Waals surface area contributed by atoms with Crippen LogP contribution in [0.5, 0.6) is 0 Å². The van der Waals surface area contributed by atoms with Crippen LogP contribution in [0.25, 0.3) is 11.1 Å². The average Bonchev–Trinajstić information content (AvgIpc) is 3.02. The van der Waals surface area contributed by atoms with Crippen LogP contribution in [0.4, 0.5) is 0 Å². The lowest BCUT2D eigenvalue weighted by atomic mass is 9.98. The van der Waals surface area contributed by atoms with E-state index in [1.807, 2.05) is 35.4 Å². The third-order valence-electron chi connectivity index (χ3n) is 4.03. The number of hydrogen-bond donors (Lipinski definition) is 1. The summed E-state index contributed by atoms with van der Waals surface area (Å²) in [7, 11) is 0. The molecule has 0 spiro atoms. The van der Waals surface area contributed by atoms with Crippen molar-refractivity contribution in [3.8, 4) is 11.1 Å². The van der Waals surface area contributed by atoms with Crippen molar-refractivity contribution < 1.29 is 4.79 Å². The highest BCUT2D eigenvalue weighted by Gasteiger charge is 2.21. The Hall–Kier alpha value is -2.10. The molecule has 2 aromatic rings. The number of nitrogens with zero attached hydrogens (tertiary/aromatic N) is 2. The van der Waals surface area contributed by atoms with Crippen molar-refractivity contribution >= 4 is 5.91 Å². The minimum absolute atomic E-state index is 0.149. The number of aromatic amines is 1. The Morgan fingerprint density at radius 1 is 1.20 bits per heavy atom. The van der Waals surface area contributed by atoms with E-state index in [0.29, 0.717) is 0 Å². The highest BCUT2D eigenvalue weighted by molar-refractivity contribution is 5.94. The van der Waals surface area contributed by atoms with Crippen LogP contribution in [0, 0.1) is 5.92 Å². The van der Waals surface area contributed by atoms with Crippen LogP contribution in [0.15, 0.2) is 36.7 Å². The molecule has 1 fully saturated rings. The van der Waals surface area contributed by atoms with Crippen molar-refractivity contribution in [3.63, 3.8) is 0 Å². The number of aromatic nitrogens is 2. The minimum Gasteiger partial charge on any atom is -0.339 e. The number of piperidine rings is 1. The first-order valence-electron chi connectivity index (χ1n) is 7.12. The maximum atomic E-state index is 12.4. The maximum absolute atomic E-state index is 12.4. The Morgan fingerprint density at radius 3 is 2.50 bits per heavy atom. The smallest absolute Gasteiger partial charge is 0.253 e. The van der Waals surface area contributed by atoms with Crippen molar-refractivity contribution in [3.05, 3.63) is 42.2 Å². The summed E-state index contributed by atoms with van der Waals surface area (Å²) in [5.41, 5.74) is 2.88. The molecule has 1 amide bonds. The second-order valence-electron chi connectivity index (χ2n) is 5.54. The van der Waals surface area contributed by atoms with Gasteiger partial charge in [-0.2, -0.15) is 5.10 Å². The van der Waals surface area contributed by atoms with Gasteiger partial charge in [-0.15, -0.1) is 0 Å². The van der Waals surface area contributed by atoms with Crippen LogP contribution < -0.4 is 0 Å². The molecule has 0 aliphatic carbocycles. The van der Waals surface area contributed by atoms with Gasteiger partial charge in [-0.25, -0.2) is 0 Å². The van der Waals surface area contributed by atoms with Crippen LogP contribution in [0.3, 0.4) is 0 Å². The van der Waals surface area contributed by atoms with E-state index in [1.165, 1.54) is 0 Å². The summed E-state index contributed by atoms with van der Waals surface area (Å²) in [5, 5.41) is 6.73. The number of H-pyrrole nitrogens is 1. The Bertz CT molecular complexity index is 566. The topological polar surface area (TPSA) is 49.0 Å². The first kappa shape index (κ1) is 12.9. The third-order valence-corrected chi connectivity index (χ3v) is 4.03. The standard InChI is InChI=1S/C16H19N3O/c1-12-6-8-19(9-7-12)16(20)14-4-2-13(3-5-14)15-10-17-18-11-15/h2-5,10-12H,6-9H2,1H3,(H,17,18). The van der Waals surface area contributed by atoms with E-state index in [9.17, 15) is 4.79 Å². The van der Waals surface area contributed by atoms with Crippen LogP contribution in [0.2, 0.25) is 0 Å². The first-order valence-corrected chi connectivity index (χ1v) is 7.12. The number of nitrogens with one attached hydrogen (secondary N) is 1. The van der Waals surface area contributed by atoms with Gasteiger partial charge in [-0.1, -0.05) is 19.1 Å². The van der Waals surface area contributed by atoms with Crippen LogP contribution >= 0.6 is 0 Å². The van der Waals surface area contributed by atoms with Gasteiger partial charge >= 0.3 is 0 Å². The fourth-order valence-corrected chi connectivity index (χ4v) is 2.61. The van der Waals surface area contributed by atoms with Gasteiger partial charge in [0.2, 0.25) is 0 Å². The van der Waals surface area contributed by atoms with Crippen LogP contribution in [0.1, 0.15) is 30.1 Å². The highest BCUT2D eigenvalue weighted by Crippen LogP contribution is 2.21. The number of rotatable bonds is 2. The van der Waals surface area contributed by atoms with Gasteiger partial charge in [0, 0.05) is 30.4 Å². The summed E-state index contributed by atoms with van der Waals surface area (Å²) >= 11 is 0. The maximum Gasteiger partial charge on any atom is 0.253 e. The van der Waals surface area contributed by atoms with Gasteiger partial charge < -0.3 is 4.90 Å². The molecule has 1 aliphatic heterocycles. The Morgan fingerprint density at radius 2 is 1.90 bits per heavy atom. The molecule has 3 rings (SSSR count). The normalized spacial score (nSPS) is 16.4. The van der Waals surface area contributed by atoms with Crippen molar-refractivity contribution in [2.24, 2.45) is 5.92 Å². The molecule has 1 saturated heterocycles. The zero-order valence-electron chi connectivity index (χ0n) is 11.7. The lowest BCUT2D eigenvalue weighted by Gasteiger charge is -2.30. The van der Waals surface area contributed by atoms with E-state index < -0.39 is 0 Å². The Kier molecular flexibility index (Phi) is 3.54. The van der Waals surface area contributed by atoms with Gasteiger partial charge in [0.05, 0.1) is 6.20 Å². The first-order chi connectivity index (χ1) is 9.74. The summed E-state index contributed by atoms with van der Waals surface area (Å²) in [5.74, 6) is 0.887. The molecule has 4 heteroatoms. The molecular weight excluding hydrogens is 250 g/mol. The van der Waals surface area contributed by atoms with E-state index in [-0.39, 0.29) is 5.91 Å². The van der Waals surface area contributed by atoms with Crippen LogP contribution in [-0.2, 0) is 0 Å². The summed E-state index contributed by atoms with van der Waals surface area (Å²) in [6.45, 7) is 4.01. The number of likely N-dealkylation sites (tertiary alicyclic amines) is 1. The van der Waals surface area contributed by atoms with Gasteiger partial charge in [-0.3, -0.25) is 9.89 Å². The molecule has 0 bridgehead atoms. The van der Waals surface area contributed by atoms with Gasteiger partial charge in [0.1, 0.15) is 0 Å². The Labute approximate surface area is 118 Å². The summed E-state index contributed by atoms with van der Waals surface area (Å²) in [6, 6.07) is 7.76. The van der Waals surface area contributed by atoms with Gasteiger partial charge in [-0.05, 0) is 36.5 Å². The number of benzene rings is 1. The van der Waals surface area contributed by atoms with Crippen LogP contribution in [-0.4, -0.2) is 34.1 Å². The molecule has 0 atom stereocenters. The molecule has 0 unspecified atom stereocenters. The second-order valence-corrected chi connectivity index (χ2v) is 5.54. The summed E-state index contributed by atoms with van der Waals surface area (Å²) < 4.78 is 0. The van der Waals surface area contributed by atoms with Crippen molar-refractivity contribution in [1.29, 1.82) is 0 Å². The molecule has 0 saturated carbocycles. The number of amides is 1. The number of carbonyl (C=O) groups is 1. The molecule has 1 N–H and O–H groups in total. The third kappa shape index (κ3) is 2.59. The molecule has 4 nitrogen and oxygen atoms in total. The van der Waals surface area contributed by atoms with Crippen molar-refractivity contribution in [2.75, 3.05) is 13.1 Å². The summed E-state index contributed by atoms with van der Waals surface area (Å²) in [6.07, 6.45) is 5.85. The molecule has 0 radical (unpaired) electrons. The van der Waals surface area contributed by atoms with E-state index in [2.05, 4.69) is 17.1 Å². The number of carbonyl (C=O) groups excluding carboxylic acids is 1. The minimum atomic E-state index is 0.149. The Balaban J connectivity index is 1.73. The largest absolute Gasteiger partial charge is 0.339 e. The average molecular weight is 269 g/mol. The van der Waals surface area contributed by atoms with Gasteiger partial charge in [0.25, 0.3) is 5.91 Å².